The zero-order valence-corrected chi connectivity index (χ0v) is 23.5. The van der Waals surface area contributed by atoms with Crippen LogP contribution in [-0.4, -0.2) is 51.7 Å². The maximum absolute atomic E-state index is 13.7. The van der Waals surface area contributed by atoms with E-state index in [1.165, 1.54) is 6.42 Å². The van der Waals surface area contributed by atoms with Crippen LogP contribution in [0, 0.1) is 28.6 Å². The zero-order chi connectivity index (χ0) is 26.8. The zero-order valence-electron chi connectivity index (χ0n) is 22.7. The van der Waals surface area contributed by atoms with Crippen molar-refractivity contribution in [3.8, 4) is 0 Å². The van der Waals surface area contributed by atoms with Crippen molar-refractivity contribution in [2.45, 2.75) is 96.3 Å². The van der Waals surface area contributed by atoms with Gasteiger partial charge in [0.2, 0.25) is 11.8 Å². The van der Waals surface area contributed by atoms with Gasteiger partial charge in [-0.05, 0) is 85.8 Å². The van der Waals surface area contributed by atoms with Gasteiger partial charge >= 0.3 is 0 Å². The lowest BCUT2D eigenvalue weighted by Crippen LogP contribution is -2.61. The normalized spacial score (nSPS) is 37.0. The molecule has 6 rings (SSSR count). The van der Waals surface area contributed by atoms with Crippen molar-refractivity contribution in [1.29, 1.82) is 0 Å². The highest BCUT2D eigenvalue weighted by molar-refractivity contribution is 6.30. The number of halogens is 1. The van der Waals surface area contributed by atoms with Gasteiger partial charge in [-0.1, -0.05) is 51.4 Å². The molecule has 1 aliphatic heterocycles. The molecular formula is C30H43ClN2O4. The van der Waals surface area contributed by atoms with Gasteiger partial charge in [0.25, 0.3) is 0 Å². The predicted octanol–water partition coefficient (Wildman–Crippen LogP) is 4.65. The van der Waals surface area contributed by atoms with Gasteiger partial charge in [0.1, 0.15) is 6.04 Å². The van der Waals surface area contributed by atoms with Crippen LogP contribution in [0.4, 0.5) is 0 Å². The molecule has 37 heavy (non-hydrogen) atoms. The largest absolute Gasteiger partial charge is 0.390 e. The molecule has 4 bridgehead atoms. The Balaban J connectivity index is 1.26. The maximum Gasteiger partial charge on any atom is 0.245 e. The van der Waals surface area contributed by atoms with Crippen LogP contribution >= 0.6 is 11.6 Å². The highest BCUT2D eigenvalue weighted by Gasteiger charge is 2.57. The highest BCUT2D eigenvalue weighted by atomic mass is 35.5. The number of nitrogens with one attached hydrogen (secondary N) is 1. The summed E-state index contributed by atoms with van der Waals surface area (Å²) in [4.78, 5) is 28.9. The average molecular weight is 531 g/mol. The molecule has 0 radical (unpaired) electrons. The van der Waals surface area contributed by atoms with E-state index in [4.69, 9.17) is 11.6 Å². The minimum absolute atomic E-state index is 0.0582. The summed E-state index contributed by atoms with van der Waals surface area (Å²) in [6.07, 6.45) is 6.50. The maximum atomic E-state index is 13.7. The van der Waals surface area contributed by atoms with Gasteiger partial charge in [-0.3, -0.25) is 9.59 Å². The SMILES string of the molecule is CC(C)[C@@H](NC(=O)CC12CC3CC(CC(O)(C3)C1)C2)C(=O)N1CC[C@](O)(c2ccc(Cl)cc2)C(C)(C)C1. The van der Waals surface area contributed by atoms with E-state index in [1.807, 2.05) is 44.7 Å². The predicted molar refractivity (Wildman–Crippen MR) is 144 cm³/mol. The third-order valence-corrected chi connectivity index (χ3v) is 10.3. The number of nitrogens with zero attached hydrogens (tertiary/aromatic N) is 1. The monoisotopic (exact) mass is 530 g/mol. The summed E-state index contributed by atoms with van der Waals surface area (Å²) in [5.41, 5.74) is -1.59. The second kappa shape index (κ2) is 9.24. The summed E-state index contributed by atoms with van der Waals surface area (Å²) in [5.74, 6) is 0.829. The summed E-state index contributed by atoms with van der Waals surface area (Å²) in [6, 6.07) is 6.69. The van der Waals surface area contributed by atoms with Crippen LogP contribution in [0.5, 0.6) is 0 Å². The van der Waals surface area contributed by atoms with Gasteiger partial charge in [0.05, 0.1) is 11.2 Å². The molecule has 4 saturated carbocycles. The molecule has 5 fully saturated rings. The topological polar surface area (TPSA) is 89.9 Å². The van der Waals surface area contributed by atoms with Crippen molar-refractivity contribution >= 4 is 23.4 Å². The van der Waals surface area contributed by atoms with E-state index in [2.05, 4.69) is 5.32 Å². The number of carbonyl (C=O) groups excluding carboxylic acids is 2. The van der Waals surface area contributed by atoms with Crippen molar-refractivity contribution in [3.63, 3.8) is 0 Å². The summed E-state index contributed by atoms with van der Waals surface area (Å²) in [7, 11) is 0. The fraction of sp³-hybridized carbons (Fsp3) is 0.733. The number of likely N-dealkylation sites (tertiary alicyclic amines) is 1. The molecule has 5 aliphatic rings. The van der Waals surface area contributed by atoms with Crippen molar-refractivity contribution in [1.82, 2.24) is 10.2 Å². The van der Waals surface area contributed by atoms with E-state index in [9.17, 15) is 19.8 Å². The van der Waals surface area contributed by atoms with Crippen molar-refractivity contribution in [2.75, 3.05) is 13.1 Å². The lowest BCUT2D eigenvalue weighted by molar-refractivity contribution is -0.170. The Morgan fingerprint density at radius 3 is 2.24 bits per heavy atom. The molecule has 4 aliphatic carbocycles. The molecule has 1 aromatic carbocycles. The van der Waals surface area contributed by atoms with Crippen LogP contribution in [0.2, 0.25) is 5.02 Å². The van der Waals surface area contributed by atoms with E-state index >= 15 is 0 Å². The van der Waals surface area contributed by atoms with Crippen LogP contribution in [-0.2, 0) is 15.2 Å². The van der Waals surface area contributed by atoms with Gasteiger partial charge in [0.15, 0.2) is 0 Å². The van der Waals surface area contributed by atoms with Crippen LogP contribution in [0.25, 0.3) is 0 Å². The Morgan fingerprint density at radius 1 is 1.08 bits per heavy atom. The van der Waals surface area contributed by atoms with Gasteiger partial charge in [0, 0.05) is 29.9 Å². The fourth-order valence-corrected chi connectivity index (χ4v) is 8.78. The van der Waals surface area contributed by atoms with Gasteiger partial charge in [-0.15, -0.1) is 0 Å². The smallest absolute Gasteiger partial charge is 0.245 e. The quantitative estimate of drug-likeness (QED) is 0.499. The number of amides is 2. The second-order valence-corrected chi connectivity index (χ2v) is 14.3. The number of benzene rings is 1. The molecule has 3 N–H and O–H groups in total. The standard InChI is InChI=1S/C30H43ClN2O4/c1-19(2)25(32-24(34)16-28-12-20-11-21(13-28)15-29(36,14-20)17-28)26(35)33-10-9-30(37,27(3,4)18-33)22-5-7-23(31)8-6-22/h5-8,19-21,25,36-37H,9-18H2,1-4H3,(H,32,34)/t20?,21?,25-,28?,29?,30+/m1/s1. The molecular weight excluding hydrogens is 488 g/mol. The number of rotatable bonds is 6. The molecule has 1 aromatic rings. The molecule has 204 valence electrons. The molecule has 1 saturated heterocycles. The van der Waals surface area contributed by atoms with Gasteiger partial charge in [-0.25, -0.2) is 0 Å². The minimum Gasteiger partial charge on any atom is -0.390 e. The molecule has 7 heteroatoms. The van der Waals surface area contributed by atoms with E-state index in [1.54, 1.807) is 12.1 Å². The molecule has 0 aromatic heterocycles. The first kappa shape index (κ1) is 27.0. The number of piperidine rings is 1. The number of hydrogen-bond donors (Lipinski definition) is 3. The van der Waals surface area contributed by atoms with Crippen molar-refractivity contribution < 1.29 is 19.8 Å². The Bertz CT molecular complexity index is 1040. The first-order valence-corrected chi connectivity index (χ1v) is 14.4. The van der Waals surface area contributed by atoms with Crippen LogP contribution in [0.1, 0.15) is 84.6 Å². The van der Waals surface area contributed by atoms with E-state index in [0.29, 0.717) is 49.2 Å². The third-order valence-electron chi connectivity index (χ3n) is 10.0. The van der Waals surface area contributed by atoms with Gasteiger partial charge in [-0.2, -0.15) is 0 Å². The summed E-state index contributed by atoms with van der Waals surface area (Å²) in [5, 5.41) is 26.5. The number of aliphatic hydroxyl groups is 2. The molecule has 2 unspecified atom stereocenters. The van der Waals surface area contributed by atoms with Crippen molar-refractivity contribution in [3.05, 3.63) is 34.9 Å². The number of carbonyl (C=O) groups is 2. The van der Waals surface area contributed by atoms with E-state index < -0.39 is 22.7 Å². The van der Waals surface area contributed by atoms with Crippen LogP contribution in [0.3, 0.4) is 0 Å². The number of hydrogen-bond acceptors (Lipinski definition) is 4. The molecule has 4 atom stereocenters. The molecule has 1 heterocycles. The summed E-state index contributed by atoms with van der Waals surface area (Å²) in [6.45, 7) is 8.72. The van der Waals surface area contributed by atoms with Crippen molar-refractivity contribution in [2.24, 2.45) is 28.6 Å². The van der Waals surface area contributed by atoms with E-state index in [0.717, 1.165) is 31.2 Å². The summed E-state index contributed by atoms with van der Waals surface area (Å²) >= 11 is 6.06. The van der Waals surface area contributed by atoms with Crippen LogP contribution in [0.15, 0.2) is 24.3 Å². The molecule has 6 nitrogen and oxygen atoms in total. The van der Waals surface area contributed by atoms with Crippen LogP contribution < -0.4 is 5.32 Å². The Hall–Kier alpha value is -1.63. The molecule has 2 amide bonds. The average Bonchev–Trinajstić information content (AvgIpc) is 2.77. The lowest BCUT2D eigenvalue weighted by atomic mass is 9.47. The Labute approximate surface area is 226 Å². The third kappa shape index (κ3) is 4.94. The molecule has 0 spiro atoms. The fourth-order valence-electron chi connectivity index (χ4n) is 8.65. The Kier molecular flexibility index (Phi) is 6.73. The van der Waals surface area contributed by atoms with Gasteiger partial charge < -0.3 is 20.4 Å². The first-order chi connectivity index (χ1) is 17.2. The highest BCUT2D eigenvalue weighted by Crippen LogP contribution is 2.62. The summed E-state index contributed by atoms with van der Waals surface area (Å²) < 4.78 is 0. The lowest BCUT2D eigenvalue weighted by Gasteiger charge is -2.60. The van der Waals surface area contributed by atoms with E-state index in [-0.39, 0.29) is 23.1 Å². The Morgan fingerprint density at radius 2 is 1.70 bits per heavy atom. The first-order valence-electron chi connectivity index (χ1n) is 14.0. The second-order valence-electron chi connectivity index (χ2n) is 13.9. The minimum atomic E-state index is -1.08.